The Hall–Kier alpha value is -0.520. The fourth-order valence-corrected chi connectivity index (χ4v) is 5.11. The molecule has 1 saturated heterocycles. The Labute approximate surface area is 114 Å². The maximum Gasteiger partial charge on any atom is 0.214 e. The Morgan fingerprint density at radius 2 is 2.06 bits per heavy atom. The van der Waals surface area contributed by atoms with Crippen molar-refractivity contribution in [3.8, 4) is 0 Å². The average molecular weight is 285 g/mol. The molecule has 1 aliphatic heterocycles. The normalized spacial score (nSPS) is 21.9. The van der Waals surface area contributed by atoms with E-state index in [0.29, 0.717) is 19.5 Å². The minimum atomic E-state index is -3.05. The first-order chi connectivity index (χ1) is 8.63. The molecule has 1 aliphatic rings. The SMILES string of the molecule is CCCS(=O)(=O)N1CCSC(c2ccccc2)C1. The maximum atomic E-state index is 12.1. The third kappa shape index (κ3) is 3.28. The van der Waals surface area contributed by atoms with Crippen LogP contribution in [-0.2, 0) is 10.0 Å². The quantitative estimate of drug-likeness (QED) is 0.853. The molecule has 100 valence electrons. The van der Waals surface area contributed by atoms with Crippen molar-refractivity contribution in [1.29, 1.82) is 0 Å². The van der Waals surface area contributed by atoms with Crippen LogP contribution in [0.4, 0.5) is 0 Å². The monoisotopic (exact) mass is 285 g/mol. The molecule has 18 heavy (non-hydrogen) atoms. The summed E-state index contributed by atoms with van der Waals surface area (Å²) in [6.07, 6.45) is 0.683. The standard InChI is InChI=1S/C13H19NO2S2/c1-2-10-18(15,16)14-8-9-17-13(11-14)12-6-4-3-5-7-12/h3-7,13H,2,8-11H2,1H3. The molecule has 5 heteroatoms. The molecule has 0 spiro atoms. The number of benzene rings is 1. The van der Waals surface area contributed by atoms with E-state index in [1.54, 1.807) is 4.31 Å². The Morgan fingerprint density at radius 3 is 2.72 bits per heavy atom. The first-order valence-corrected chi connectivity index (χ1v) is 8.93. The van der Waals surface area contributed by atoms with E-state index in [-0.39, 0.29) is 11.0 Å². The predicted octanol–water partition coefficient (Wildman–Crippen LogP) is 2.52. The van der Waals surface area contributed by atoms with Gasteiger partial charge in [0.2, 0.25) is 10.0 Å². The van der Waals surface area contributed by atoms with Crippen molar-refractivity contribution in [1.82, 2.24) is 4.31 Å². The van der Waals surface area contributed by atoms with E-state index in [0.717, 1.165) is 5.75 Å². The molecule has 1 heterocycles. The third-order valence-corrected chi connectivity index (χ3v) is 6.34. The molecule has 0 aromatic heterocycles. The van der Waals surface area contributed by atoms with Gasteiger partial charge in [-0.15, -0.1) is 0 Å². The number of nitrogens with zero attached hydrogens (tertiary/aromatic N) is 1. The molecule has 1 aromatic rings. The van der Waals surface area contributed by atoms with Crippen molar-refractivity contribution in [3.63, 3.8) is 0 Å². The van der Waals surface area contributed by atoms with Crippen LogP contribution in [0.3, 0.4) is 0 Å². The number of hydrogen-bond acceptors (Lipinski definition) is 3. The van der Waals surface area contributed by atoms with Crippen LogP contribution in [0.25, 0.3) is 0 Å². The van der Waals surface area contributed by atoms with Gasteiger partial charge in [0.05, 0.1) is 5.75 Å². The molecule has 0 saturated carbocycles. The summed E-state index contributed by atoms with van der Waals surface area (Å²) < 4.78 is 25.8. The zero-order chi connectivity index (χ0) is 13.0. The van der Waals surface area contributed by atoms with Crippen molar-refractivity contribution in [2.75, 3.05) is 24.6 Å². The second kappa shape index (κ2) is 6.08. The maximum absolute atomic E-state index is 12.1. The van der Waals surface area contributed by atoms with Gasteiger partial charge in [0.15, 0.2) is 0 Å². The van der Waals surface area contributed by atoms with Crippen molar-refractivity contribution in [2.45, 2.75) is 18.6 Å². The van der Waals surface area contributed by atoms with E-state index >= 15 is 0 Å². The van der Waals surface area contributed by atoms with Gasteiger partial charge in [-0.25, -0.2) is 8.42 Å². The second-order valence-electron chi connectivity index (χ2n) is 4.44. The van der Waals surface area contributed by atoms with Crippen LogP contribution in [-0.4, -0.2) is 37.3 Å². The van der Waals surface area contributed by atoms with Gasteiger partial charge in [-0.05, 0) is 12.0 Å². The van der Waals surface area contributed by atoms with Crippen LogP contribution >= 0.6 is 11.8 Å². The first-order valence-electron chi connectivity index (χ1n) is 6.28. The van der Waals surface area contributed by atoms with Crippen LogP contribution in [0.1, 0.15) is 24.2 Å². The molecule has 0 bridgehead atoms. The van der Waals surface area contributed by atoms with Crippen LogP contribution in [0.15, 0.2) is 30.3 Å². The lowest BCUT2D eigenvalue weighted by atomic mass is 10.1. The van der Waals surface area contributed by atoms with Crippen LogP contribution in [0, 0.1) is 0 Å². The molecule has 1 unspecified atom stereocenters. The molecule has 1 aromatic carbocycles. The minimum absolute atomic E-state index is 0.263. The fraction of sp³-hybridized carbons (Fsp3) is 0.538. The molecule has 3 nitrogen and oxygen atoms in total. The molecular formula is C13H19NO2S2. The van der Waals surface area contributed by atoms with Gasteiger partial charge in [-0.3, -0.25) is 0 Å². The van der Waals surface area contributed by atoms with Gasteiger partial charge in [-0.2, -0.15) is 16.1 Å². The largest absolute Gasteiger partial charge is 0.214 e. The first kappa shape index (κ1) is 13.9. The van der Waals surface area contributed by atoms with Crippen molar-refractivity contribution >= 4 is 21.8 Å². The van der Waals surface area contributed by atoms with Crippen molar-refractivity contribution in [2.24, 2.45) is 0 Å². The fourth-order valence-electron chi connectivity index (χ4n) is 2.13. The zero-order valence-electron chi connectivity index (χ0n) is 10.6. The summed E-state index contributed by atoms with van der Waals surface area (Å²) in [6, 6.07) is 10.2. The van der Waals surface area contributed by atoms with Crippen molar-refractivity contribution < 1.29 is 8.42 Å². The van der Waals surface area contributed by atoms with E-state index in [4.69, 9.17) is 0 Å². The molecule has 0 N–H and O–H groups in total. The highest BCUT2D eigenvalue weighted by Gasteiger charge is 2.29. The summed E-state index contributed by atoms with van der Waals surface area (Å²) in [5, 5.41) is 0.270. The summed E-state index contributed by atoms with van der Waals surface area (Å²) in [6.45, 7) is 3.16. The van der Waals surface area contributed by atoms with Gasteiger partial charge >= 0.3 is 0 Å². The van der Waals surface area contributed by atoms with E-state index < -0.39 is 10.0 Å². The molecule has 0 aliphatic carbocycles. The highest BCUT2D eigenvalue weighted by atomic mass is 32.2. The summed E-state index contributed by atoms with van der Waals surface area (Å²) in [5.41, 5.74) is 1.22. The highest BCUT2D eigenvalue weighted by molar-refractivity contribution is 7.99. The molecule has 0 amide bonds. The zero-order valence-corrected chi connectivity index (χ0v) is 12.2. The minimum Gasteiger partial charge on any atom is -0.212 e. The van der Waals surface area contributed by atoms with Gasteiger partial charge in [-0.1, -0.05) is 37.3 Å². The van der Waals surface area contributed by atoms with E-state index in [2.05, 4.69) is 12.1 Å². The van der Waals surface area contributed by atoms with Crippen LogP contribution < -0.4 is 0 Å². The summed E-state index contributed by atoms with van der Waals surface area (Å²) in [5.74, 6) is 1.14. The summed E-state index contributed by atoms with van der Waals surface area (Å²) in [7, 11) is -3.05. The molecule has 1 atom stereocenters. The smallest absolute Gasteiger partial charge is 0.212 e. The highest BCUT2D eigenvalue weighted by Crippen LogP contribution is 2.34. The Morgan fingerprint density at radius 1 is 1.33 bits per heavy atom. The van der Waals surface area contributed by atoms with Gasteiger partial charge < -0.3 is 0 Å². The molecular weight excluding hydrogens is 266 g/mol. The van der Waals surface area contributed by atoms with Gasteiger partial charge in [0.1, 0.15) is 0 Å². The van der Waals surface area contributed by atoms with E-state index in [1.165, 1.54) is 5.56 Å². The molecule has 1 fully saturated rings. The lowest BCUT2D eigenvalue weighted by molar-refractivity contribution is 0.421. The van der Waals surface area contributed by atoms with Gasteiger partial charge in [0.25, 0.3) is 0 Å². The number of rotatable bonds is 4. The number of hydrogen-bond donors (Lipinski definition) is 0. The second-order valence-corrected chi connectivity index (χ2v) is 7.84. The molecule has 2 rings (SSSR count). The summed E-state index contributed by atoms with van der Waals surface area (Å²) in [4.78, 5) is 0. The average Bonchev–Trinajstić information content (AvgIpc) is 2.40. The predicted molar refractivity (Wildman–Crippen MR) is 77.3 cm³/mol. The lowest BCUT2D eigenvalue weighted by Gasteiger charge is -2.31. The van der Waals surface area contributed by atoms with Crippen LogP contribution in [0.5, 0.6) is 0 Å². The topological polar surface area (TPSA) is 37.4 Å². The van der Waals surface area contributed by atoms with E-state index in [1.807, 2.05) is 36.9 Å². The Kier molecular flexibility index (Phi) is 4.70. The van der Waals surface area contributed by atoms with Crippen LogP contribution in [0.2, 0.25) is 0 Å². The third-order valence-electron chi connectivity index (χ3n) is 3.06. The van der Waals surface area contributed by atoms with E-state index in [9.17, 15) is 8.42 Å². The Bertz CT molecular complexity index is 473. The summed E-state index contributed by atoms with van der Waals surface area (Å²) >= 11 is 1.85. The number of thioether (sulfide) groups is 1. The lowest BCUT2D eigenvalue weighted by Crippen LogP contribution is -2.40. The molecule has 0 radical (unpaired) electrons. The van der Waals surface area contributed by atoms with Gasteiger partial charge in [0, 0.05) is 24.1 Å². The van der Waals surface area contributed by atoms with Crippen molar-refractivity contribution in [3.05, 3.63) is 35.9 Å². The Balaban J connectivity index is 2.10. The number of sulfonamides is 1.